The van der Waals surface area contributed by atoms with Crippen LogP contribution in [0, 0.1) is 17.8 Å². The predicted molar refractivity (Wildman–Crippen MR) is 95.4 cm³/mol. The Morgan fingerprint density at radius 1 is 1.12 bits per heavy atom. The van der Waals surface area contributed by atoms with Crippen molar-refractivity contribution >= 4 is 10.1 Å². The van der Waals surface area contributed by atoms with Gasteiger partial charge in [0, 0.05) is 6.54 Å². The van der Waals surface area contributed by atoms with E-state index < -0.39 is 10.1 Å². The van der Waals surface area contributed by atoms with Gasteiger partial charge in [0.05, 0.1) is 11.0 Å². The Morgan fingerprint density at radius 2 is 1.79 bits per heavy atom. The van der Waals surface area contributed by atoms with Crippen molar-refractivity contribution in [2.45, 2.75) is 57.5 Å². The van der Waals surface area contributed by atoms with Gasteiger partial charge in [0.1, 0.15) is 0 Å². The Labute approximate surface area is 146 Å². The van der Waals surface area contributed by atoms with E-state index in [0.717, 1.165) is 44.3 Å². The van der Waals surface area contributed by atoms with E-state index in [0.29, 0.717) is 0 Å². The SMILES string of the molecule is Cc1ccc(S(=O)(=O)OC2CCC3(C)CN(C)CCC3(C)C2)cc1. The molecule has 3 unspecified atom stereocenters. The third kappa shape index (κ3) is 3.26. The molecule has 0 N–H and O–H groups in total. The first-order valence-electron chi connectivity index (χ1n) is 8.82. The van der Waals surface area contributed by atoms with Crippen molar-refractivity contribution in [2.24, 2.45) is 10.8 Å². The highest BCUT2D eigenvalue weighted by molar-refractivity contribution is 7.86. The van der Waals surface area contributed by atoms with Crippen LogP contribution in [0.3, 0.4) is 0 Å². The Bertz CT molecular complexity index is 700. The van der Waals surface area contributed by atoms with Gasteiger partial charge in [0.2, 0.25) is 0 Å². The summed E-state index contributed by atoms with van der Waals surface area (Å²) in [5.41, 5.74) is 1.43. The molecular weight excluding hydrogens is 322 g/mol. The van der Waals surface area contributed by atoms with Gasteiger partial charge in [-0.3, -0.25) is 4.18 Å². The van der Waals surface area contributed by atoms with Gasteiger partial charge in [-0.05, 0) is 69.2 Å². The molecule has 2 aliphatic rings. The van der Waals surface area contributed by atoms with Crippen LogP contribution in [0.2, 0.25) is 0 Å². The van der Waals surface area contributed by atoms with Crippen LogP contribution >= 0.6 is 0 Å². The quantitative estimate of drug-likeness (QED) is 0.781. The van der Waals surface area contributed by atoms with Gasteiger partial charge in [0.25, 0.3) is 10.1 Å². The summed E-state index contributed by atoms with van der Waals surface area (Å²) < 4.78 is 30.8. The summed E-state index contributed by atoms with van der Waals surface area (Å²) in [4.78, 5) is 2.65. The molecule has 1 saturated heterocycles. The molecule has 0 radical (unpaired) electrons. The van der Waals surface area contributed by atoms with Crippen LogP contribution in [0.5, 0.6) is 0 Å². The summed E-state index contributed by atoms with van der Waals surface area (Å²) in [6.45, 7) is 8.77. The molecule has 134 valence electrons. The minimum Gasteiger partial charge on any atom is -0.306 e. The minimum atomic E-state index is -3.68. The van der Waals surface area contributed by atoms with E-state index in [2.05, 4.69) is 25.8 Å². The fourth-order valence-corrected chi connectivity index (χ4v) is 5.54. The number of aryl methyl sites for hydroxylation is 1. The van der Waals surface area contributed by atoms with Crippen LogP contribution in [0.15, 0.2) is 29.2 Å². The summed E-state index contributed by atoms with van der Waals surface area (Å²) in [7, 11) is -1.51. The second-order valence-corrected chi connectivity index (χ2v) is 9.91. The molecule has 2 fully saturated rings. The number of rotatable bonds is 3. The highest BCUT2D eigenvalue weighted by Crippen LogP contribution is 2.55. The normalized spacial score (nSPS) is 34.8. The van der Waals surface area contributed by atoms with Gasteiger partial charge in [-0.2, -0.15) is 8.42 Å². The molecule has 1 aliphatic heterocycles. The summed E-state index contributed by atoms with van der Waals surface area (Å²) in [6, 6.07) is 6.89. The summed E-state index contributed by atoms with van der Waals surface area (Å²) in [6.07, 6.45) is 3.54. The summed E-state index contributed by atoms with van der Waals surface area (Å²) in [5, 5.41) is 0. The zero-order valence-corrected chi connectivity index (χ0v) is 16.0. The molecule has 5 heteroatoms. The highest BCUT2D eigenvalue weighted by atomic mass is 32.2. The topological polar surface area (TPSA) is 46.6 Å². The van der Waals surface area contributed by atoms with Crippen LogP contribution < -0.4 is 0 Å². The minimum absolute atomic E-state index is 0.144. The fraction of sp³-hybridized carbons (Fsp3) is 0.684. The third-order valence-electron chi connectivity index (χ3n) is 6.39. The monoisotopic (exact) mass is 351 g/mol. The summed E-state index contributed by atoms with van der Waals surface area (Å²) in [5.74, 6) is 0. The number of likely N-dealkylation sites (tertiary alicyclic amines) is 1. The molecule has 0 amide bonds. The second kappa shape index (κ2) is 6.11. The Morgan fingerprint density at radius 3 is 2.46 bits per heavy atom. The number of hydrogen-bond acceptors (Lipinski definition) is 4. The lowest BCUT2D eigenvalue weighted by Gasteiger charge is -2.57. The number of fused-ring (bicyclic) bond motifs is 1. The molecule has 1 aromatic carbocycles. The lowest BCUT2D eigenvalue weighted by Crippen LogP contribution is -2.55. The van der Waals surface area contributed by atoms with E-state index in [4.69, 9.17) is 4.18 Å². The van der Waals surface area contributed by atoms with Gasteiger partial charge >= 0.3 is 0 Å². The molecule has 1 aromatic rings. The van der Waals surface area contributed by atoms with Crippen molar-refractivity contribution in [3.8, 4) is 0 Å². The van der Waals surface area contributed by atoms with E-state index in [9.17, 15) is 8.42 Å². The molecule has 0 spiro atoms. The lowest BCUT2D eigenvalue weighted by atomic mass is 9.54. The summed E-state index contributed by atoms with van der Waals surface area (Å²) >= 11 is 0. The van der Waals surface area contributed by atoms with Gasteiger partial charge in [-0.1, -0.05) is 31.5 Å². The molecule has 3 rings (SSSR count). The molecule has 1 aliphatic carbocycles. The third-order valence-corrected chi connectivity index (χ3v) is 7.77. The molecule has 24 heavy (non-hydrogen) atoms. The Balaban J connectivity index is 1.75. The molecule has 4 nitrogen and oxygen atoms in total. The highest BCUT2D eigenvalue weighted by Gasteiger charge is 2.52. The predicted octanol–water partition coefficient (Wildman–Crippen LogP) is 3.60. The van der Waals surface area contributed by atoms with E-state index in [-0.39, 0.29) is 21.8 Å². The maximum Gasteiger partial charge on any atom is 0.297 e. The first kappa shape index (κ1) is 17.9. The van der Waals surface area contributed by atoms with Crippen LogP contribution in [-0.4, -0.2) is 39.6 Å². The Kier molecular flexibility index (Phi) is 4.56. The molecule has 1 heterocycles. The van der Waals surface area contributed by atoms with Crippen LogP contribution in [-0.2, 0) is 14.3 Å². The molecule has 1 saturated carbocycles. The van der Waals surface area contributed by atoms with Crippen LogP contribution in [0.4, 0.5) is 0 Å². The number of hydrogen-bond donors (Lipinski definition) is 0. The average molecular weight is 352 g/mol. The number of piperidine rings is 1. The van der Waals surface area contributed by atoms with Crippen molar-refractivity contribution in [3.05, 3.63) is 29.8 Å². The lowest BCUT2D eigenvalue weighted by molar-refractivity contribution is -0.0877. The number of benzene rings is 1. The zero-order chi connectivity index (χ0) is 17.6. The zero-order valence-electron chi connectivity index (χ0n) is 15.2. The molecule has 3 atom stereocenters. The standard InChI is InChI=1S/C19H29NO3S/c1-15-5-7-17(8-6-15)24(21,22)23-16-9-10-19(3)14-20(4)12-11-18(19,2)13-16/h5-8,16H,9-14H2,1-4H3. The molecular formula is C19H29NO3S. The van der Waals surface area contributed by atoms with Gasteiger partial charge in [-0.25, -0.2) is 0 Å². The smallest absolute Gasteiger partial charge is 0.297 e. The van der Waals surface area contributed by atoms with Gasteiger partial charge in [0.15, 0.2) is 0 Å². The first-order chi connectivity index (χ1) is 11.1. The van der Waals surface area contributed by atoms with E-state index >= 15 is 0 Å². The van der Waals surface area contributed by atoms with E-state index in [1.54, 1.807) is 12.1 Å². The van der Waals surface area contributed by atoms with Crippen LogP contribution in [0.1, 0.15) is 45.1 Å². The van der Waals surface area contributed by atoms with Crippen LogP contribution in [0.25, 0.3) is 0 Å². The van der Waals surface area contributed by atoms with E-state index in [1.807, 2.05) is 19.1 Å². The maximum atomic E-state index is 12.6. The van der Waals surface area contributed by atoms with Crippen molar-refractivity contribution in [1.82, 2.24) is 4.90 Å². The fourth-order valence-electron chi connectivity index (χ4n) is 4.44. The van der Waals surface area contributed by atoms with Gasteiger partial charge < -0.3 is 4.90 Å². The van der Waals surface area contributed by atoms with Gasteiger partial charge in [-0.15, -0.1) is 0 Å². The molecule has 0 aromatic heterocycles. The van der Waals surface area contributed by atoms with Crippen molar-refractivity contribution < 1.29 is 12.6 Å². The van der Waals surface area contributed by atoms with Crippen molar-refractivity contribution in [3.63, 3.8) is 0 Å². The van der Waals surface area contributed by atoms with E-state index in [1.165, 1.54) is 0 Å². The first-order valence-corrected chi connectivity index (χ1v) is 10.2. The largest absolute Gasteiger partial charge is 0.306 e. The Hall–Kier alpha value is -0.910. The maximum absolute atomic E-state index is 12.6. The average Bonchev–Trinajstić information content (AvgIpc) is 2.49. The van der Waals surface area contributed by atoms with Crippen molar-refractivity contribution in [1.29, 1.82) is 0 Å². The second-order valence-electron chi connectivity index (χ2n) is 8.34. The van der Waals surface area contributed by atoms with Crippen molar-refractivity contribution in [2.75, 3.05) is 20.1 Å². The number of nitrogens with zero attached hydrogens (tertiary/aromatic N) is 1. The molecule has 0 bridgehead atoms.